The van der Waals surface area contributed by atoms with Crippen molar-refractivity contribution in [3.05, 3.63) is 24.3 Å². The number of hydrogen-bond acceptors (Lipinski definition) is 3. The first-order chi connectivity index (χ1) is 12.6. The van der Waals surface area contributed by atoms with Crippen LogP contribution in [0.1, 0.15) is 51.9 Å². The highest BCUT2D eigenvalue weighted by atomic mass is 16.2. The lowest BCUT2D eigenvalue weighted by molar-refractivity contribution is -0.126. The van der Waals surface area contributed by atoms with Gasteiger partial charge in [0.1, 0.15) is 6.54 Å². The third-order valence-electron chi connectivity index (χ3n) is 6.55. The number of carbonyl (C=O) groups excluding carboxylic acids is 2. The molecule has 2 aliphatic heterocycles. The summed E-state index contributed by atoms with van der Waals surface area (Å²) < 4.78 is 0. The van der Waals surface area contributed by atoms with Crippen molar-refractivity contribution in [3.63, 3.8) is 0 Å². The lowest BCUT2D eigenvalue weighted by Gasteiger charge is -2.47. The third kappa shape index (κ3) is 3.25. The monoisotopic (exact) mass is 355 g/mol. The van der Waals surface area contributed by atoms with Crippen LogP contribution in [0, 0.1) is 5.41 Å². The van der Waals surface area contributed by atoms with Crippen molar-refractivity contribution in [1.82, 2.24) is 4.90 Å². The zero-order chi connectivity index (χ0) is 18.1. The van der Waals surface area contributed by atoms with Crippen LogP contribution < -0.4 is 10.2 Å². The molecule has 2 amide bonds. The third-order valence-corrected chi connectivity index (χ3v) is 6.55. The number of carbonyl (C=O) groups is 2. The second-order valence-corrected chi connectivity index (χ2v) is 8.30. The van der Waals surface area contributed by atoms with Gasteiger partial charge in [-0.05, 0) is 56.7 Å². The van der Waals surface area contributed by atoms with Gasteiger partial charge in [-0.2, -0.15) is 0 Å². The Labute approximate surface area is 155 Å². The van der Waals surface area contributed by atoms with Crippen LogP contribution >= 0.6 is 0 Å². The van der Waals surface area contributed by atoms with Crippen molar-refractivity contribution >= 4 is 23.2 Å². The van der Waals surface area contributed by atoms with Crippen LogP contribution in [0.3, 0.4) is 0 Å². The van der Waals surface area contributed by atoms with Gasteiger partial charge < -0.3 is 5.32 Å². The quantitative estimate of drug-likeness (QED) is 0.884. The molecule has 5 nitrogen and oxygen atoms in total. The Balaban J connectivity index is 1.52. The number of hydrogen-bond donors (Lipinski definition) is 1. The fourth-order valence-electron chi connectivity index (χ4n) is 5.10. The van der Waals surface area contributed by atoms with Gasteiger partial charge in [0.2, 0.25) is 11.8 Å². The van der Waals surface area contributed by atoms with Gasteiger partial charge in [0.05, 0.1) is 17.4 Å². The standard InChI is InChI=1S/C21H29N3O2/c1-16(23-13-7-12-21(15-23)10-5-2-6-11-21)20(26)24-14-19(25)22-17-8-3-4-9-18(17)24/h3-4,8-9,16H,2,5-7,10-15H2,1H3,(H,22,25). The van der Waals surface area contributed by atoms with Crippen LogP contribution in [0.4, 0.5) is 11.4 Å². The molecule has 0 radical (unpaired) electrons. The fourth-order valence-corrected chi connectivity index (χ4v) is 5.10. The Bertz CT molecular complexity index is 691. The number of benzene rings is 1. The summed E-state index contributed by atoms with van der Waals surface area (Å²) >= 11 is 0. The molecular formula is C21H29N3O2. The minimum atomic E-state index is -0.187. The number of likely N-dealkylation sites (tertiary alicyclic amines) is 1. The van der Waals surface area contributed by atoms with E-state index >= 15 is 0 Å². The normalized spacial score (nSPS) is 24.0. The molecule has 1 aliphatic carbocycles. The molecule has 2 fully saturated rings. The molecule has 1 saturated carbocycles. The summed E-state index contributed by atoms with van der Waals surface area (Å²) in [5.41, 5.74) is 1.96. The SMILES string of the molecule is CC(C(=O)N1CC(=O)Nc2ccccc21)N1CCCC2(CCCCC2)C1. The molecule has 0 aromatic heterocycles. The minimum absolute atomic E-state index is 0.0418. The number of anilines is 2. The molecule has 5 heteroatoms. The number of nitrogens with zero attached hydrogens (tertiary/aromatic N) is 2. The van der Waals surface area contributed by atoms with E-state index in [0.29, 0.717) is 5.41 Å². The molecule has 26 heavy (non-hydrogen) atoms. The number of fused-ring (bicyclic) bond motifs is 1. The van der Waals surface area contributed by atoms with E-state index in [1.807, 2.05) is 31.2 Å². The summed E-state index contributed by atoms with van der Waals surface area (Å²) in [4.78, 5) is 29.4. The average Bonchev–Trinajstić information content (AvgIpc) is 2.67. The van der Waals surface area contributed by atoms with Crippen molar-refractivity contribution < 1.29 is 9.59 Å². The summed E-state index contributed by atoms with van der Waals surface area (Å²) in [7, 11) is 0. The molecule has 1 spiro atoms. The van der Waals surface area contributed by atoms with Crippen LogP contribution in [0.15, 0.2) is 24.3 Å². The van der Waals surface area contributed by atoms with Crippen LogP contribution in [0.2, 0.25) is 0 Å². The highest BCUT2D eigenvalue weighted by Gasteiger charge is 2.40. The van der Waals surface area contributed by atoms with Crippen molar-refractivity contribution in [1.29, 1.82) is 0 Å². The van der Waals surface area contributed by atoms with Crippen molar-refractivity contribution in [2.45, 2.75) is 57.9 Å². The summed E-state index contributed by atoms with van der Waals surface area (Å²) in [5, 5.41) is 2.86. The van der Waals surface area contributed by atoms with Gasteiger partial charge in [0.25, 0.3) is 0 Å². The predicted molar refractivity (Wildman–Crippen MR) is 103 cm³/mol. The summed E-state index contributed by atoms with van der Waals surface area (Å²) in [6.45, 7) is 4.14. The highest BCUT2D eigenvalue weighted by Crippen LogP contribution is 2.43. The lowest BCUT2D eigenvalue weighted by Crippen LogP contribution is -2.55. The van der Waals surface area contributed by atoms with E-state index in [4.69, 9.17) is 0 Å². The van der Waals surface area contributed by atoms with E-state index in [1.165, 1.54) is 44.9 Å². The average molecular weight is 355 g/mol. The van der Waals surface area contributed by atoms with Crippen molar-refractivity contribution in [2.75, 3.05) is 29.9 Å². The molecule has 1 N–H and O–H groups in total. The Kier molecular flexibility index (Phi) is 4.74. The molecular weight excluding hydrogens is 326 g/mol. The maximum atomic E-state index is 13.3. The van der Waals surface area contributed by atoms with Gasteiger partial charge in [0, 0.05) is 6.54 Å². The second kappa shape index (κ2) is 7.03. The first-order valence-corrected chi connectivity index (χ1v) is 10.0. The maximum Gasteiger partial charge on any atom is 0.244 e. The molecule has 1 atom stereocenters. The largest absolute Gasteiger partial charge is 0.323 e. The number of amides is 2. The topological polar surface area (TPSA) is 52.7 Å². The van der Waals surface area contributed by atoms with Crippen LogP contribution in [-0.4, -0.2) is 42.4 Å². The van der Waals surface area contributed by atoms with Gasteiger partial charge in [-0.25, -0.2) is 0 Å². The molecule has 4 rings (SSSR count). The highest BCUT2D eigenvalue weighted by molar-refractivity contribution is 6.11. The second-order valence-electron chi connectivity index (χ2n) is 8.30. The predicted octanol–water partition coefficient (Wildman–Crippen LogP) is 3.41. The number of rotatable bonds is 2. The summed E-state index contributed by atoms with van der Waals surface area (Å²) in [5.74, 6) is -0.0770. The van der Waals surface area contributed by atoms with Gasteiger partial charge in [-0.15, -0.1) is 0 Å². The smallest absolute Gasteiger partial charge is 0.244 e. The van der Waals surface area contributed by atoms with Crippen LogP contribution in [0.5, 0.6) is 0 Å². The lowest BCUT2D eigenvalue weighted by atomic mass is 9.69. The Morgan fingerprint density at radius 3 is 2.65 bits per heavy atom. The molecule has 1 aromatic rings. The van der Waals surface area contributed by atoms with E-state index in [2.05, 4.69) is 10.2 Å². The summed E-state index contributed by atoms with van der Waals surface area (Å²) in [6, 6.07) is 7.38. The Morgan fingerprint density at radius 1 is 1.12 bits per heavy atom. The van der Waals surface area contributed by atoms with E-state index in [1.54, 1.807) is 4.90 Å². The van der Waals surface area contributed by atoms with Gasteiger partial charge in [0.15, 0.2) is 0 Å². The number of nitrogens with one attached hydrogen (secondary N) is 1. The molecule has 1 unspecified atom stereocenters. The number of piperidine rings is 1. The minimum Gasteiger partial charge on any atom is -0.323 e. The first kappa shape index (κ1) is 17.5. The van der Waals surface area contributed by atoms with Crippen molar-refractivity contribution in [2.24, 2.45) is 5.41 Å². The Hall–Kier alpha value is -1.88. The van der Waals surface area contributed by atoms with Crippen molar-refractivity contribution in [3.8, 4) is 0 Å². The maximum absolute atomic E-state index is 13.3. The Morgan fingerprint density at radius 2 is 1.85 bits per heavy atom. The van der Waals surface area contributed by atoms with Gasteiger partial charge in [-0.3, -0.25) is 19.4 Å². The molecule has 2 heterocycles. The molecule has 3 aliphatic rings. The fraction of sp³-hybridized carbons (Fsp3) is 0.619. The van der Waals surface area contributed by atoms with Gasteiger partial charge in [-0.1, -0.05) is 31.4 Å². The zero-order valence-corrected chi connectivity index (χ0v) is 15.7. The number of para-hydroxylation sites is 2. The van der Waals surface area contributed by atoms with Crippen LogP contribution in [0.25, 0.3) is 0 Å². The zero-order valence-electron chi connectivity index (χ0n) is 15.7. The van der Waals surface area contributed by atoms with E-state index < -0.39 is 0 Å². The molecule has 1 aromatic carbocycles. The van der Waals surface area contributed by atoms with Gasteiger partial charge >= 0.3 is 0 Å². The van der Waals surface area contributed by atoms with Crippen LogP contribution in [-0.2, 0) is 9.59 Å². The van der Waals surface area contributed by atoms with E-state index in [9.17, 15) is 9.59 Å². The van der Waals surface area contributed by atoms with E-state index in [0.717, 1.165) is 24.5 Å². The molecule has 140 valence electrons. The van der Waals surface area contributed by atoms with E-state index in [-0.39, 0.29) is 24.4 Å². The first-order valence-electron chi connectivity index (χ1n) is 10.0. The molecule has 0 bridgehead atoms. The molecule has 1 saturated heterocycles. The summed E-state index contributed by atoms with van der Waals surface area (Å²) in [6.07, 6.45) is 9.11.